The second-order valence-electron chi connectivity index (χ2n) is 4.55. The number of aromatic nitrogens is 2. The molecule has 0 fully saturated rings. The third-order valence-corrected chi connectivity index (χ3v) is 2.96. The molecule has 0 amide bonds. The molecule has 0 radical (unpaired) electrons. The van der Waals surface area contributed by atoms with E-state index in [0.717, 1.165) is 0 Å². The van der Waals surface area contributed by atoms with Crippen LogP contribution in [0.2, 0.25) is 0 Å². The summed E-state index contributed by atoms with van der Waals surface area (Å²) in [7, 11) is 0. The van der Waals surface area contributed by atoms with Crippen molar-refractivity contribution in [2.24, 2.45) is 5.73 Å². The van der Waals surface area contributed by atoms with Crippen LogP contribution in [-0.2, 0) is 6.54 Å². The molecular formula is C13H17F3N4. The van der Waals surface area contributed by atoms with Gasteiger partial charge in [-0.05, 0) is 18.6 Å². The predicted molar refractivity (Wildman–Crippen MR) is 71.6 cm³/mol. The number of nitrogens with zero attached hydrogens (tertiary/aromatic N) is 3. The minimum atomic E-state index is -4.27. The molecular weight excluding hydrogens is 269 g/mol. The lowest BCUT2D eigenvalue weighted by Crippen LogP contribution is -2.35. The molecule has 4 nitrogen and oxygen atoms in total. The normalized spacial score (nSPS) is 12.1. The van der Waals surface area contributed by atoms with E-state index in [4.69, 9.17) is 5.73 Å². The number of rotatable bonds is 5. The molecule has 0 aliphatic rings. The number of pyridine rings is 1. The Morgan fingerprint density at radius 1 is 1.35 bits per heavy atom. The van der Waals surface area contributed by atoms with Crippen molar-refractivity contribution in [3.05, 3.63) is 30.1 Å². The Morgan fingerprint density at radius 3 is 2.70 bits per heavy atom. The first-order valence-corrected chi connectivity index (χ1v) is 6.44. The molecule has 110 valence electrons. The standard InChI is InChI=1S/C13H17F3N4/c1-2-6-19(9-13(14,15)16)12-10(8-17)20-7-4-3-5-11(20)18-12/h3-5,7H,2,6,8-9,17H2,1H3. The Labute approximate surface area is 115 Å². The highest BCUT2D eigenvalue weighted by molar-refractivity contribution is 5.56. The second kappa shape index (κ2) is 5.70. The molecule has 2 heterocycles. The summed E-state index contributed by atoms with van der Waals surface area (Å²) in [6.45, 7) is 1.24. The van der Waals surface area contributed by atoms with Crippen LogP contribution in [0.4, 0.5) is 19.0 Å². The van der Waals surface area contributed by atoms with Crippen LogP contribution >= 0.6 is 0 Å². The van der Waals surface area contributed by atoms with Gasteiger partial charge in [-0.3, -0.25) is 0 Å². The van der Waals surface area contributed by atoms with Crippen molar-refractivity contribution in [1.29, 1.82) is 0 Å². The number of hydrogen-bond acceptors (Lipinski definition) is 3. The van der Waals surface area contributed by atoms with Crippen LogP contribution in [0.1, 0.15) is 19.0 Å². The summed E-state index contributed by atoms with van der Waals surface area (Å²) >= 11 is 0. The summed E-state index contributed by atoms with van der Waals surface area (Å²) in [6.07, 6.45) is -1.91. The molecule has 0 saturated heterocycles. The van der Waals surface area contributed by atoms with Gasteiger partial charge in [0.2, 0.25) is 0 Å². The second-order valence-corrected chi connectivity index (χ2v) is 4.55. The quantitative estimate of drug-likeness (QED) is 0.919. The molecule has 0 spiro atoms. The lowest BCUT2D eigenvalue weighted by Gasteiger charge is -2.24. The van der Waals surface area contributed by atoms with Crippen LogP contribution in [0, 0.1) is 0 Å². The van der Waals surface area contributed by atoms with E-state index in [2.05, 4.69) is 4.98 Å². The first-order chi connectivity index (χ1) is 9.46. The van der Waals surface area contributed by atoms with Gasteiger partial charge in [-0.1, -0.05) is 13.0 Å². The molecule has 0 unspecified atom stereocenters. The Morgan fingerprint density at radius 2 is 2.10 bits per heavy atom. The van der Waals surface area contributed by atoms with Gasteiger partial charge >= 0.3 is 6.18 Å². The monoisotopic (exact) mass is 286 g/mol. The van der Waals surface area contributed by atoms with Crippen molar-refractivity contribution < 1.29 is 13.2 Å². The Kier molecular flexibility index (Phi) is 4.17. The molecule has 0 aliphatic heterocycles. The average Bonchev–Trinajstić information content (AvgIpc) is 2.75. The molecule has 2 aromatic rings. The van der Waals surface area contributed by atoms with Crippen LogP contribution in [-0.4, -0.2) is 28.7 Å². The zero-order valence-electron chi connectivity index (χ0n) is 11.2. The number of hydrogen-bond donors (Lipinski definition) is 1. The highest BCUT2D eigenvalue weighted by Crippen LogP contribution is 2.25. The molecule has 2 N–H and O–H groups in total. The zero-order valence-corrected chi connectivity index (χ0v) is 11.2. The Balaban J connectivity index is 2.46. The minimum absolute atomic E-state index is 0.137. The van der Waals surface area contributed by atoms with Crippen molar-refractivity contribution in [2.45, 2.75) is 26.1 Å². The summed E-state index contributed by atoms with van der Waals surface area (Å²) in [6, 6.07) is 5.34. The first-order valence-electron chi connectivity index (χ1n) is 6.44. The van der Waals surface area contributed by atoms with Crippen LogP contribution < -0.4 is 10.6 Å². The summed E-state index contributed by atoms with van der Waals surface area (Å²) in [5.74, 6) is 0.317. The fourth-order valence-corrected chi connectivity index (χ4v) is 2.22. The summed E-state index contributed by atoms with van der Waals surface area (Å²) in [5, 5.41) is 0. The van der Waals surface area contributed by atoms with Gasteiger partial charge in [-0.15, -0.1) is 0 Å². The number of fused-ring (bicyclic) bond motifs is 1. The molecule has 2 aromatic heterocycles. The lowest BCUT2D eigenvalue weighted by molar-refractivity contribution is -0.119. The molecule has 0 aromatic carbocycles. The van der Waals surface area contributed by atoms with Gasteiger partial charge < -0.3 is 15.0 Å². The SMILES string of the molecule is CCCN(CC(F)(F)F)c1nc2ccccn2c1CN. The topological polar surface area (TPSA) is 46.6 Å². The maximum Gasteiger partial charge on any atom is 0.405 e. The molecule has 7 heteroatoms. The lowest BCUT2D eigenvalue weighted by atomic mass is 10.3. The van der Waals surface area contributed by atoms with E-state index in [0.29, 0.717) is 23.6 Å². The number of alkyl halides is 3. The van der Waals surface area contributed by atoms with E-state index in [1.54, 1.807) is 28.8 Å². The molecule has 0 aliphatic carbocycles. The Hall–Kier alpha value is -1.76. The largest absolute Gasteiger partial charge is 0.405 e. The maximum atomic E-state index is 12.7. The van der Waals surface area contributed by atoms with E-state index in [-0.39, 0.29) is 13.1 Å². The molecule has 0 bridgehead atoms. The smallest absolute Gasteiger partial charge is 0.346 e. The third kappa shape index (κ3) is 3.04. The highest BCUT2D eigenvalue weighted by atomic mass is 19.4. The number of halogens is 3. The summed E-state index contributed by atoms with van der Waals surface area (Å²) < 4.78 is 39.8. The van der Waals surface area contributed by atoms with Gasteiger partial charge in [-0.2, -0.15) is 13.2 Å². The van der Waals surface area contributed by atoms with Crippen LogP contribution in [0.25, 0.3) is 5.65 Å². The Bertz CT molecular complexity index is 576. The van der Waals surface area contributed by atoms with E-state index >= 15 is 0 Å². The predicted octanol–water partition coefficient (Wildman–Crippen LogP) is 2.57. The number of imidazole rings is 1. The van der Waals surface area contributed by atoms with Crippen molar-refractivity contribution >= 4 is 11.5 Å². The van der Waals surface area contributed by atoms with Gasteiger partial charge in [0.1, 0.15) is 12.2 Å². The fourth-order valence-electron chi connectivity index (χ4n) is 2.22. The number of anilines is 1. The van der Waals surface area contributed by atoms with Gasteiger partial charge in [-0.25, -0.2) is 4.98 Å². The highest BCUT2D eigenvalue weighted by Gasteiger charge is 2.32. The summed E-state index contributed by atoms with van der Waals surface area (Å²) in [4.78, 5) is 5.54. The number of nitrogens with two attached hydrogens (primary N) is 1. The first kappa shape index (κ1) is 14.6. The van der Waals surface area contributed by atoms with Gasteiger partial charge in [0.25, 0.3) is 0 Å². The maximum absolute atomic E-state index is 12.7. The third-order valence-electron chi connectivity index (χ3n) is 2.96. The van der Waals surface area contributed by atoms with Crippen LogP contribution in [0.15, 0.2) is 24.4 Å². The minimum Gasteiger partial charge on any atom is -0.346 e. The van der Waals surface area contributed by atoms with E-state index in [9.17, 15) is 13.2 Å². The molecule has 0 saturated carbocycles. The van der Waals surface area contributed by atoms with Crippen molar-refractivity contribution in [3.8, 4) is 0 Å². The van der Waals surface area contributed by atoms with E-state index in [1.165, 1.54) is 4.90 Å². The van der Waals surface area contributed by atoms with E-state index < -0.39 is 12.7 Å². The molecule has 0 atom stereocenters. The van der Waals surface area contributed by atoms with Crippen LogP contribution in [0.3, 0.4) is 0 Å². The fraction of sp³-hybridized carbons (Fsp3) is 0.462. The van der Waals surface area contributed by atoms with E-state index in [1.807, 2.05) is 6.92 Å². The van der Waals surface area contributed by atoms with Crippen LogP contribution in [0.5, 0.6) is 0 Å². The van der Waals surface area contributed by atoms with Gasteiger partial charge in [0.05, 0.1) is 5.69 Å². The molecule has 20 heavy (non-hydrogen) atoms. The van der Waals surface area contributed by atoms with Gasteiger partial charge in [0, 0.05) is 19.3 Å². The van der Waals surface area contributed by atoms with Crippen molar-refractivity contribution in [1.82, 2.24) is 9.38 Å². The summed E-state index contributed by atoms with van der Waals surface area (Å²) in [5.41, 5.74) is 6.89. The van der Waals surface area contributed by atoms with Crippen molar-refractivity contribution in [3.63, 3.8) is 0 Å². The van der Waals surface area contributed by atoms with Gasteiger partial charge in [0.15, 0.2) is 5.82 Å². The zero-order chi connectivity index (χ0) is 14.8. The molecule has 2 rings (SSSR count). The van der Waals surface area contributed by atoms with Crippen molar-refractivity contribution in [2.75, 3.05) is 18.0 Å². The average molecular weight is 286 g/mol.